The topological polar surface area (TPSA) is 51.6 Å². The summed E-state index contributed by atoms with van der Waals surface area (Å²) in [4.78, 5) is 4.29. The summed E-state index contributed by atoms with van der Waals surface area (Å²) < 4.78 is 10.6. The Bertz CT molecular complexity index is 557. The third-order valence-corrected chi connectivity index (χ3v) is 3.38. The average molecular weight is 273 g/mol. The van der Waals surface area contributed by atoms with E-state index in [4.69, 9.17) is 9.47 Å². The van der Waals surface area contributed by atoms with E-state index < -0.39 is 6.10 Å². The zero-order valence-corrected chi connectivity index (χ0v) is 11.9. The summed E-state index contributed by atoms with van der Waals surface area (Å²) in [6.45, 7) is 1.94. The number of para-hydroxylation sites is 1. The zero-order chi connectivity index (χ0) is 14.5. The first-order valence-electron chi connectivity index (χ1n) is 6.49. The minimum absolute atomic E-state index is 0.141. The molecule has 2 aromatic rings. The van der Waals surface area contributed by atoms with E-state index in [9.17, 15) is 5.11 Å². The van der Waals surface area contributed by atoms with E-state index in [1.807, 2.05) is 37.3 Å². The van der Waals surface area contributed by atoms with Gasteiger partial charge < -0.3 is 14.6 Å². The molecule has 0 saturated carbocycles. The van der Waals surface area contributed by atoms with Gasteiger partial charge in [0.2, 0.25) is 0 Å². The van der Waals surface area contributed by atoms with Crippen LogP contribution >= 0.6 is 0 Å². The number of pyridine rings is 1. The van der Waals surface area contributed by atoms with Crippen molar-refractivity contribution in [3.05, 3.63) is 53.9 Å². The Morgan fingerprint density at radius 1 is 1.05 bits per heavy atom. The lowest BCUT2D eigenvalue weighted by atomic mass is 9.93. The zero-order valence-electron chi connectivity index (χ0n) is 11.9. The summed E-state index contributed by atoms with van der Waals surface area (Å²) in [5.74, 6) is 1.03. The molecule has 0 aliphatic rings. The molecule has 106 valence electrons. The van der Waals surface area contributed by atoms with Gasteiger partial charge >= 0.3 is 0 Å². The normalized spacial score (nSPS) is 13.6. The number of hydrogen-bond acceptors (Lipinski definition) is 4. The van der Waals surface area contributed by atoms with Crippen molar-refractivity contribution in [2.75, 3.05) is 14.2 Å². The highest BCUT2D eigenvalue weighted by molar-refractivity contribution is 5.48. The SMILES string of the molecule is COc1cccc(C(O)C(C)c2ccccn2)c1OC. The molecule has 0 fully saturated rings. The lowest BCUT2D eigenvalue weighted by Crippen LogP contribution is -2.10. The molecule has 4 nitrogen and oxygen atoms in total. The summed E-state index contributed by atoms with van der Waals surface area (Å²) >= 11 is 0. The molecule has 2 unspecified atom stereocenters. The first kappa shape index (κ1) is 14.3. The first-order valence-corrected chi connectivity index (χ1v) is 6.49. The molecular weight excluding hydrogens is 254 g/mol. The Balaban J connectivity index is 2.36. The number of aliphatic hydroxyl groups is 1. The summed E-state index contributed by atoms with van der Waals surface area (Å²) in [6.07, 6.45) is 1.01. The third kappa shape index (κ3) is 2.75. The quantitative estimate of drug-likeness (QED) is 0.910. The number of ether oxygens (including phenoxy) is 2. The van der Waals surface area contributed by atoms with Gasteiger partial charge in [-0.25, -0.2) is 0 Å². The van der Waals surface area contributed by atoms with E-state index in [1.165, 1.54) is 0 Å². The van der Waals surface area contributed by atoms with Gasteiger partial charge in [-0.3, -0.25) is 4.98 Å². The Morgan fingerprint density at radius 2 is 1.85 bits per heavy atom. The first-order chi connectivity index (χ1) is 9.69. The van der Waals surface area contributed by atoms with E-state index >= 15 is 0 Å². The van der Waals surface area contributed by atoms with E-state index in [2.05, 4.69) is 4.98 Å². The van der Waals surface area contributed by atoms with Crippen LogP contribution in [0, 0.1) is 0 Å². The van der Waals surface area contributed by atoms with Crippen LogP contribution in [0.25, 0.3) is 0 Å². The van der Waals surface area contributed by atoms with Crippen molar-refractivity contribution in [1.29, 1.82) is 0 Å². The molecule has 0 aliphatic carbocycles. The van der Waals surface area contributed by atoms with Crippen molar-refractivity contribution in [2.45, 2.75) is 18.9 Å². The predicted octanol–water partition coefficient (Wildman–Crippen LogP) is 2.94. The number of aliphatic hydroxyl groups excluding tert-OH is 1. The minimum atomic E-state index is -0.713. The van der Waals surface area contributed by atoms with Crippen LogP contribution in [0.1, 0.15) is 30.2 Å². The molecule has 2 rings (SSSR count). The summed E-state index contributed by atoms with van der Waals surface area (Å²) in [5, 5.41) is 10.6. The lowest BCUT2D eigenvalue weighted by molar-refractivity contribution is 0.145. The van der Waals surface area contributed by atoms with E-state index in [0.29, 0.717) is 17.1 Å². The maximum Gasteiger partial charge on any atom is 0.166 e. The van der Waals surface area contributed by atoms with Gasteiger partial charge in [0, 0.05) is 23.4 Å². The van der Waals surface area contributed by atoms with Crippen LogP contribution in [0.5, 0.6) is 11.5 Å². The molecular formula is C16H19NO3. The van der Waals surface area contributed by atoms with Crippen molar-refractivity contribution in [2.24, 2.45) is 0 Å². The van der Waals surface area contributed by atoms with Gasteiger partial charge in [0.05, 0.1) is 20.3 Å². The van der Waals surface area contributed by atoms with Crippen LogP contribution < -0.4 is 9.47 Å². The van der Waals surface area contributed by atoms with E-state index in [-0.39, 0.29) is 5.92 Å². The monoisotopic (exact) mass is 273 g/mol. The van der Waals surface area contributed by atoms with Crippen LogP contribution in [0.4, 0.5) is 0 Å². The Hall–Kier alpha value is -2.07. The molecule has 0 saturated heterocycles. The second kappa shape index (κ2) is 6.39. The summed E-state index contributed by atoms with van der Waals surface area (Å²) in [5.41, 5.74) is 1.54. The van der Waals surface area contributed by atoms with Gasteiger partial charge in [-0.1, -0.05) is 25.1 Å². The maximum atomic E-state index is 10.6. The van der Waals surface area contributed by atoms with Gasteiger partial charge in [0.25, 0.3) is 0 Å². The highest BCUT2D eigenvalue weighted by atomic mass is 16.5. The van der Waals surface area contributed by atoms with Crippen molar-refractivity contribution in [1.82, 2.24) is 4.98 Å². The second-order valence-corrected chi connectivity index (χ2v) is 4.57. The van der Waals surface area contributed by atoms with Crippen molar-refractivity contribution >= 4 is 0 Å². The Kier molecular flexibility index (Phi) is 4.58. The minimum Gasteiger partial charge on any atom is -0.493 e. The van der Waals surface area contributed by atoms with Gasteiger partial charge in [-0.15, -0.1) is 0 Å². The molecule has 2 atom stereocenters. The van der Waals surface area contributed by atoms with Gasteiger partial charge in [0.15, 0.2) is 11.5 Å². The highest BCUT2D eigenvalue weighted by Crippen LogP contribution is 2.39. The average Bonchev–Trinajstić information content (AvgIpc) is 2.53. The smallest absolute Gasteiger partial charge is 0.166 e. The standard InChI is InChI=1S/C16H19NO3/c1-11(13-8-4-5-10-17-13)15(18)12-7-6-9-14(19-2)16(12)20-3/h4-11,15,18H,1-3H3. The molecule has 4 heteroatoms. The molecule has 1 aromatic heterocycles. The Morgan fingerprint density at radius 3 is 2.45 bits per heavy atom. The predicted molar refractivity (Wildman–Crippen MR) is 77.2 cm³/mol. The number of benzene rings is 1. The van der Waals surface area contributed by atoms with Crippen molar-refractivity contribution < 1.29 is 14.6 Å². The fourth-order valence-corrected chi connectivity index (χ4v) is 2.22. The molecule has 20 heavy (non-hydrogen) atoms. The van der Waals surface area contributed by atoms with Crippen LogP contribution in [0.15, 0.2) is 42.6 Å². The van der Waals surface area contributed by atoms with Crippen molar-refractivity contribution in [3.8, 4) is 11.5 Å². The highest BCUT2D eigenvalue weighted by Gasteiger charge is 2.24. The maximum absolute atomic E-state index is 10.6. The second-order valence-electron chi connectivity index (χ2n) is 4.57. The van der Waals surface area contributed by atoms with Crippen LogP contribution in [-0.4, -0.2) is 24.3 Å². The van der Waals surface area contributed by atoms with Crippen molar-refractivity contribution in [3.63, 3.8) is 0 Å². The fraction of sp³-hybridized carbons (Fsp3) is 0.312. The third-order valence-electron chi connectivity index (χ3n) is 3.38. The fourth-order valence-electron chi connectivity index (χ4n) is 2.22. The molecule has 1 N–H and O–H groups in total. The van der Waals surface area contributed by atoms with E-state index in [0.717, 1.165) is 5.69 Å². The van der Waals surface area contributed by atoms with E-state index in [1.54, 1.807) is 26.5 Å². The number of aromatic nitrogens is 1. The summed E-state index contributed by atoms with van der Waals surface area (Å²) in [7, 11) is 3.15. The number of rotatable bonds is 5. The molecule has 0 radical (unpaired) electrons. The lowest BCUT2D eigenvalue weighted by Gasteiger charge is -2.21. The summed E-state index contributed by atoms with van der Waals surface area (Å²) in [6, 6.07) is 11.2. The molecule has 0 spiro atoms. The molecule has 0 aliphatic heterocycles. The number of nitrogens with zero attached hydrogens (tertiary/aromatic N) is 1. The van der Waals surface area contributed by atoms with Gasteiger partial charge in [-0.2, -0.15) is 0 Å². The Labute approximate surface area is 119 Å². The molecule has 1 aromatic carbocycles. The van der Waals surface area contributed by atoms with Gasteiger partial charge in [0.1, 0.15) is 0 Å². The number of methoxy groups -OCH3 is 2. The largest absolute Gasteiger partial charge is 0.493 e. The molecule has 0 bridgehead atoms. The molecule has 0 amide bonds. The van der Waals surface area contributed by atoms with Crippen LogP contribution in [0.2, 0.25) is 0 Å². The molecule has 1 heterocycles. The van der Waals surface area contributed by atoms with Gasteiger partial charge in [-0.05, 0) is 18.2 Å². The van der Waals surface area contributed by atoms with Crippen LogP contribution in [0.3, 0.4) is 0 Å². The van der Waals surface area contributed by atoms with Crippen LogP contribution in [-0.2, 0) is 0 Å². The number of hydrogen-bond donors (Lipinski definition) is 1.